The molecule has 0 aromatic carbocycles. The molecule has 4 heterocycles. The van der Waals surface area contributed by atoms with Gasteiger partial charge in [-0.2, -0.15) is 26.3 Å². The third-order valence-electron chi connectivity index (χ3n) is 4.58. The molecule has 1 fully saturated rings. The van der Waals surface area contributed by atoms with Gasteiger partial charge in [0.2, 0.25) is 0 Å². The van der Waals surface area contributed by atoms with E-state index >= 15 is 0 Å². The van der Waals surface area contributed by atoms with Gasteiger partial charge in [0.1, 0.15) is 0 Å². The molecule has 0 spiro atoms. The minimum Gasteiger partial charge on any atom is -0.475 e. The van der Waals surface area contributed by atoms with Gasteiger partial charge in [-0.3, -0.25) is 9.88 Å². The molecule has 0 bridgehead atoms. The fourth-order valence-electron chi connectivity index (χ4n) is 2.93. The Morgan fingerprint density at radius 1 is 0.861 bits per heavy atom. The maximum atomic E-state index is 10.6. The van der Waals surface area contributed by atoms with Crippen LogP contribution in [0.2, 0.25) is 0 Å². The molecule has 4 rings (SSSR count). The summed E-state index contributed by atoms with van der Waals surface area (Å²) in [5, 5.41) is 14.2. The van der Waals surface area contributed by atoms with E-state index in [-0.39, 0.29) is 0 Å². The van der Waals surface area contributed by atoms with Crippen molar-refractivity contribution in [1.82, 2.24) is 24.3 Å². The second kappa shape index (κ2) is 12.1. The van der Waals surface area contributed by atoms with E-state index in [0.29, 0.717) is 0 Å². The zero-order valence-electron chi connectivity index (χ0n) is 18.3. The van der Waals surface area contributed by atoms with Gasteiger partial charge in [0.25, 0.3) is 0 Å². The van der Waals surface area contributed by atoms with Crippen molar-refractivity contribution < 1.29 is 46.1 Å². The number of carboxylic acid groups (broad SMARTS) is 2. The predicted octanol–water partition coefficient (Wildman–Crippen LogP) is 2.71. The van der Waals surface area contributed by atoms with Crippen molar-refractivity contribution in [3.05, 3.63) is 54.9 Å². The molecule has 0 unspecified atom stereocenters. The lowest BCUT2D eigenvalue weighted by Crippen LogP contribution is -2.46. The van der Waals surface area contributed by atoms with Crippen LogP contribution in [0.1, 0.15) is 5.56 Å². The van der Waals surface area contributed by atoms with Crippen molar-refractivity contribution in [3.63, 3.8) is 0 Å². The summed E-state index contributed by atoms with van der Waals surface area (Å²) in [5.41, 5.74) is 2.20. The van der Waals surface area contributed by atoms with Crippen LogP contribution in [0.4, 0.5) is 32.2 Å². The number of aliphatic carboxylic acids is 2. The van der Waals surface area contributed by atoms with E-state index in [1.54, 1.807) is 0 Å². The summed E-state index contributed by atoms with van der Waals surface area (Å²) in [7, 11) is 0. The molecule has 0 aliphatic carbocycles. The molecular formula is C20H20F6N6O4. The summed E-state index contributed by atoms with van der Waals surface area (Å²) < 4.78 is 65.5. The maximum Gasteiger partial charge on any atom is 0.490 e. The number of aromatic nitrogens is 4. The highest BCUT2D eigenvalue weighted by molar-refractivity contribution is 5.73. The number of carbonyl (C=O) groups is 2. The van der Waals surface area contributed by atoms with Gasteiger partial charge in [-0.15, -0.1) is 0 Å². The average molecular weight is 522 g/mol. The lowest BCUT2D eigenvalue weighted by atomic mass is 10.2. The van der Waals surface area contributed by atoms with E-state index in [4.69, 9.17) is 19.8 Å². The molecule has 1 saturated heterocycles. The zero-order valence-corrected chi connectivity index (χ0v) is 18.3. The highest BCUT2D eigenvalue weighted by Gasteiger charge is 2.38. The number of carboxylic acids is 2. The van der Waals surface area contributed by atoms with Crippen LogP contribution in [0.25, 0.3) is 5.65 Å². The Balaban J connectivity index is 0.000000271. The van der Waals surface area contributed by atoms with Crippen LogP contribution in [0.15, 0.2) is 49.3 Å². The Hall–Kier alpha value is -3.95. The number of rotatable bonds is 3. The Kier molecular flexibility index (Phi) is 9.54. The number of anilines is 1. The highest BCUT2D eigenvalue weighted by Crippen LogP contribution is 2.19. The van der Waals surface area contributed by atoms with Gasteiger partial charge in [0, 0.05) is 69.9 Å². The van der Waals surface area contributed by atoms with E-state index in [9.17, 15) is 26.3 Å². The normalized spacial score (nSPS) is 14.3. The number of nitrogens with zero attached hydrogens (tertiary/aromatic N) is 6. The number of alkyl halides is 6. The first-order valence-electron chi connectivity index (χ1n) is 10.0. The van der Waals surface area contributed by atoms with Gasteiger partial charge in [0.05, 0.1) is 0 Å². The fraction of sp³-hybridized carbons (Fsp3) is 0.350. The number of fused-ring (bicyclic) bond motifs is 1. The Bertz CT molecular complexity index is 1110. The number of piperazine rings is 1. The first kappa shape index (κ1) is 28.3. The van der Waals surface area contributed by atoms with Gasteiger partial charge < -0.3 is 19.5 Å². The summed E-state index contributed by atoms with van der Waals surface area (Å²) in [6.45, 7) is 4.96. The summed E-state index contributed by atoms with van der Waals surface area (Å²) in [6, 6.07) is 4.13. The van der Waals surface area contributed by atoms with Crippen molar-refractivity contribution in [2.75, 3.05) is 31.1 Å². The molecule has 3 aromatic heterocycles. The lowest BCUT2D eigenvalue weighted by molar-refractivity contribution is -0.193. The summed E-state index contributed by atoms with van der Waals surface area (Å²) >= 11 is 0. The van der Waals surface area contributed by atoms with E-state index in [1.165, 1.54) is 5.56 Å². The standard InChI is InChI=1S/C16H18N6.2C2HF3O2/c1-2-14(12-17-3-1)13-20-8-10-22(11-9-20)16-15-18-4-6-21(15)7-5-19-16;2*3-2(4,5)1(6)7/h1-7,12H,8-11,13H2;2*(H,6,7). The van der Waals surface area contributed by atoms with E-state index in [1.807, 2.05) is 47.6 Å². The van der Waals surface area contributed by atoms with Crippen molar-refractivity contribution in [1.29, 1.82) is 0 Å². The van der Waals surface area contributed by atoms with Crippen molar-refractivity contribution in [3.8, 4) is 0 Å². The number of hydrogen-bond donors (Lipinski definition) is 2. The maximum absolute atomic E-state index is 10.6. The molecule has 1 aliphatic rings. The number of imidazole rings is 1. The Morgan fingerprint density at radius 3 is 1.86 bits per heavy atom. The molecule has 0 amide bonds. The van der Waals surface area contributed by atoms with Crippen molar-refractivity contribution >= 4 is 23.4 Å². The molecule has 0 saturated carbocycles. The van der Waals surface area contributed by atoms with Crippen LogP contribution in [0.5, 0.6) is 0 Å². The van der Waals surface area contributed by atoms with Crippen LogP contribution in [-0.4, -0.2) is 84.9 Å². The van der Waals surface area contributed by atoms with Crippen LogP contribution in [0, 0.1) is 0 Å². The van der Waals surface area contributed by atoms with Gasteiger partial charge in [-0.25, -0.2) is 19.6 Å². The smallest absolute Gasteiger partial charge is 0.475 e. The lowest BCUT2D eigenvalue weighted by Gasteiger charge is -2.35. The van der Waals surface area contributed by atoms with Crippen LogP contribution in [-0.2, 0) is 16.1 Å². The molecule has 36 heavy (non-hydrogen) atoms. The van der Waals surface area contributed by atoms with Crippen LogP contribution >= 0.6 is 0 Å². The van der Waals surface area contributed by atoms with Crippen molar-refractivity contribution in [2.24, 2.45) is 0 Å². The number of hydrogen-bond acceptors (Lipinski definition) is 7. The van der Waals surface area contributed by atoms with Crippen molar-refractivity contribution in [2.45, 2.75) is 18.9 Å². The van der Waals surface area contributed by atoms with E-state index < -0.39 is 24.3 Å². The third kappa shape index (κ3) is 8.68. The molecule has 0 radical (unpaired) electrons. The molecule has 196 valence electrons. The second-order valence-corrected chi connectivity index (χ2v) is 7.14. The molecule has 16 heteroatoms. The van der Waals surface area contributed by atoms with Gasteiger partial charge in [-0.1, -0.05) is 6.07 Å². The number of halogens is 6. The first-order valence-corrected chi connectivity index (χ1v) is 10.0. The van der Waals surface area contributed by atoms with E-state index in [0.717, 1.165) is 44.2 Å². The quantitative estimate of drug-likeness (QED) is 0.500. The second-order valence-electron chi connectivity index (χ2n) is 7.14. The highest BCUT2D eigenvalue weighted by atomic mass is 19.4. The fourth-order valence-corrected chi connectivity index (χ4v) is 2.93. The minimum absolute atomic E-state index is 0.934. The average Bonchev–Trinajstić information content (AvgIpc) is 3.29. The molecule has 1 aliphatic heterocycles. The van der Waals surface area contributed by atoms with Gasteiger partial charge in [0.15, 0.2) is 11.5 Å². The molecule has 3 aromatic rings. The van der Waals surface area contributed by atoms with Gasteiger partial charge >= 0.3 is 24.3 Å². The minimum atomic E-state index is -5.08. The zero-order chi connectivity index (χ0) is 26.9. The Labute approximate surface area is 199 Å². The number of pyridine rings is 1. The van der Waals surface area contributed by atoms with E-state index in [2.05, 4.69) is 30.8 Å². The molecule has 2 N–H and O–H groups in total. The molecule has 10 nitrogen and oxygen atoms in total. The predicted molar refractivity (Wildman–Crippen MR) is 112 cm³/mol. The topological polar surface area (TPSA) is 124 Å². The largest absolute Gasteiger partial charge is 0.490 e. The monoisotopic (exact) mass is 522 g/mol. The SMILES string of the molecule is O=C(O)C(F)(F)F.O=C(O)C(F)(F)F.c1cncc(CN2CCN(c3nccn4ccnc34)CC2)c1. The third-order valence-corrected chi connectivity index (χ3v) is 4.58. The molecular weight excluding hydrogens is 502 g/mol. The summed E-state index contributed by atoms with van der Waals surface area (Å²) in [6.07, 6.45) is 1.15. The first-order chi connectivity index (χ1) is 16.8. The Morgan fingerprint density at radius 2 is 1.39 bits per heavy atom. The summed E-state index contributed by atoms with van der Waals surface area (Å²) in [5.74, 6) is -4.53. The van der Waals surface area contributed by atoms with Crippen LogP contribution in [0.3, 0.4) is 0 Å². The van der Waals surface area contributed by atoms with Gasteiger partial charge in [-0.05, 0) is 11.6 Å². The molecule has 0 atom stereocenters. The van der Waals surface area contributed by atoms with Crippen LogP contribution < -0.4 is 4.90 Å². The summed E-state index contributed by atoms with van der Waals surface area (Å²) in [4.78, 5) is 35.7.